The molecule has 0 bridgehead atoms. The minimum Gasteiger partial charge on any atom is -0.480 e. The molecule has 2 aliphatic heterocycles. The van der Waals surface area contributed by atoms with E-state index in [1.807, 2.05) is 19.1 Å². The van der Waals surface area contributed by atoms with Gasteiger partial charge in [-0.05, 0) is 57.4 Å². The molecule has 4 amide bonds. The highest BCUT2D eigenvalue weighted by Crippen LogP contribution is 2.33. The van der Waals surface area contributed by atoms with E-state index in [1.165, 1.54) is 24.1 Å². The van der Waals surface area contributed by atoms with Crippen molar-refractivity contribution < 1.29 is 139 Å². The maximum absolute atomic E-state index is 13.3. The Morgan fingerprint density at radius 3 is 1.19 bits per heavy atom. The van der Waals surface area contributed by atoms with Crippen LogP contribution in [0.4, 0.5) is 4.79 Å². The summed E-state index contributed by atoms with van der Waals surface area (Å²) in [5, 5.41) is 41.7. The van der Waals surface area contributed by atoms with Gasteiger partial charge in [-0.1, -0.05) is 13.0 Å². The fourth-order valence-electron chi connectivity index (χ4n) is 11.3. The van der Waals surface area contributed by atoms with Crippen molar-refractivity contribution >= 4 is 65.0 Å². The van der Waals surface area contributed by atoms with Gasteiger partial charge >= 0.3 is 30.0 Å². The van der Waals surface area contributed by atoms with Gasteiger partial charge in [-0.25, -0.2) is 4.79 Å². The summed E-state index contributed by atoms with van der Waals surface area (Å²) in [5.74, 6) is -5.65. The number of carboxylic acid groups (broad SMARTS) is 4. The van der Waals surface area contributed by atoms with Crippen LogP contribution in [0.3, 0.4) is 0 Å². The number of ether oxygens (including phenoxy) is 14. The number of amides is 4. The zero-order chi connectivity index (χ0) is 79.4. The van der Waals surface area contributed by atoms with Crippen molar-refractivity contribution in [2.24, 2.45) is 5.41 Å². The third-order valence-electron chi connectivity index (χ3n) is 17.5. The van der Waals surface area contributed by atoms with Gasteiger partial charge in [0.25, 0.3) is 11.8 Å². The molecule has 1 saturated heterocycles. The fourth-order valence-corrected chi connectivity index (χ4v) is 11.3. The summed E-state index contributed by atoms with van der Waals surface area (Å²) in [6.45, 7) is 12.2. The van der Waals surface area contributed by atoms with Crippen LogP contribution in [0.1, 0.15) is 90.4 Å². The number of carbonyl (C=O) groups is 11. The lowest BCUT2D eigenvalue weighted by Crippen LogP contribution is -2.51. The smallest absolute Gasteiger partial charge is 0.410 e. The molecule has 109 heavy (non-hydrogen) atoms. The van der Waals surface area contributed by atoms with Gasteiger partial charge in [0.2, 0.25) is 5.91 Å². The van der Waals surface area contributed by atoms with Crippen LogP contribution in [0, 0.1) is 5.41 Å². The van der Waals surface area contributed by atoms with E-state index in [9.17, 15) is 73.2 Å². The Kier molecular flexibility index (Phi) is 55.2. The van der Waals surface area contributed by atoms with Crippen molar-refractivity contribution in [1.82, 2.24) is 34.7 Å². The van der Waals surface area contributed by atoms with Gasteiger partial charge in [0, 0.05) is 142 Å². The highest BCUT2D eigenvalue weighted by molar-refractivity contribution is 6.13. The molecule has 0 radical (unpaired) electrons. The third kappa shape index (κ3) is 50.2. The lowest BCUT2D eigenvalue weighted by Gasteiger charge is -2.35. The standard InChI is InChI=1S/C73H123N7O29/c1-73(71(94)74-20-33-99-37-41-103-45-47-105-49-51-107-53-55-108-54-52-106-50-48-104-46-44-101-39-35-97-31-6-9-61(82)17-21-80-65(84)14-15-66(80)85)18-4-3-11-63(16-19-73)109-72(95)75(2)56-62(83)10-7-32-98-36-40-102-43-42-100-38-34-96-30-5-8-60(81)12-13-64(70(92)93)79-28-26-77(58-68(88)89)24-22-76(57-67(86)87)23-25-78(27-29-79)59-69(90)91/h3,11,14-15,63-64H,4-10,12-13,16-59H2,1-2H3,(H,74,94)(H,86,87)(H,88,89)(H,90,91)(H,92,93)/b11-3+/t63-,64?,73+/m1/s1. The normalized spacial score (nSPS) is 17.8. The number of ketones is 3. The summed E-state index contributed by atoms with van der Waals surface area (Å²) in [5.41, 5.74) is -0.691. The molecule has 1 aliphatic carbocycles. The van der Waals surface area contributed by atoms with Crippen molar-refractivity contribution in [3.8, 4) is 0 Å². The van der Waals surface area contributed by atoms with E-state index < -0.39 is 47.5 Å². The number of hydrogen-bond donors (Lipinski definition) is 5. The molecule has 3 atom stereocenters. The number of carboxylic acids is 4. The Labute approximate surface area is 639 Å². The molecule has 36 nitrogen and oxygen atoms in total. The number of hydrogen-bond acceptors (Lipinski definition) is 29. The lowest BCUT2D eigenvalue weighted by atomic mass is 9.78. The summed E-state index contributed by atoms with van der Waals surface area (Å²) in [4.78, 5) is 143. The first-order chi connectivity index (χ1) is 52.6. The third-order valence-corrected chi connectivity index (χ3v) is 17.5. The lowest BCUT2D eigenvalue weighted by molar-refractivity contribution is -0.145. The minimum absolute atomic E-state index is 0.00828. The molecular formula is C73H123N7O29. The molecule has 0 spiro atoms. The molecule has 1 fully saturated rings. The minimum atomic E-state index is -1.17. The van der Waals surface area contributed by atoms with Crippen molar-refractivity contribution in [3.05, 3.63) is 24.3 Å². The molecular weight excluding hydrogens is 1440 g/mol. The van der Waals surface area contributed by atoms with Crippen molar-refractivity contribution in [1.29, 1.82) is 0 Å². The van der Waals surface area contributed by atoms with E-state index in [1.54, 1.807) is 19.6 Å². The topological polar surface area (TPSA) is 429 Å². The van der Waals surface area contributed by atoms with Crippen LogP contribution < -0.4 is 5.32 Å². The molecule has 0 aromatic carbocycles. The van der Waals surface area contributed by atoms with E-state index in [2.05, 4.69) is 5.32 Å². The van der Waals surface area contributed by atoms with Crippen LogP contribution in [-0.2, 0) is 114 Å². The van der Waals surface area contributed by atoms with Gasteiger partial charge in [0.05, 0.1) is 178 Å². The van der Waals surface area contributed by atoms with Crippen LogP contribution in [-0.4, -0.2) is 397 Å². The van der Waals surface area contributed by atoms with E-state index >= 15 is 0 Å². The highest BCUT2D eigenvalue weighted by Gasteiger charge is 2.35. The van der Waals surface area contributed by atoms with Crippen molar-refractivity contribution in [3.63, 3.8) is 0 Å². The highest BCUT2D eigenvalue weighted by atomic mass is 16.6. The molecule has 2 heterocycles. The van der Waals surface area contributed by atoms with Crippen molar-refractivity contribution in [2.45, 2.75) is 103 Å². The summed E-state index contributed by atoms with van der Waals surface area (Å²) >= 11 is 0. The number of Topliss-reactive ketones (excluding diaryl/α,β-unsaturated/α-hetero) is 3. The monoisotopic (exact) mass is 1560 g/mol. The first-order valence-corrected chi connectivity index (χ1v) is 37.9. The van der Waals surface area contributed by atoms with Crippen LogP contribution in [0.5, 0.6) is 0 Å². The number of likely N-dealkylation sites (N-methyl/N-ethyl adjacent to an activating group) is 1. The van der Waals surface area contributed by atoms with Gasteiger partial charge in [-0.15, -0.1) is 0 Å². The Balaban J connectivity index is 1.07. The zero-order valence-electron chi connectivity index (χ0n) is 64.1. The Morgan fingerprint density at radius 1 is 0.468 bits per heavy atom. The Hall–Kier alpha value is -6.43. The predicted octanol–water partition coefficient (Wildman–Crippen LogP) is 0.964. The maximum Gasteiger partial charge on any atom is 0.410 e. The average Bonchev–Trinajstić information content (AvgIpc) is 1.37. The Morgan fingerprint density at radius 2 is 0.817 bits per heavy atom. The fraction of sp³-hybridized carbons (Fsp3) is 0.795. The zero-order valence-corrected chi connectivity index (χ0v) is 64.1. The first-order valence-electron chi connectivity index (χ1n) is 37.9. The first kappa shape index (κ1) is 96.8. The van der Waals surface area contributed by atoms with Gasteiger partial charge < -0.3 is 97.0 Å². The largest absolute Gasteiger partial charge is 0.480 e. The number of nitrogens with zero attached hydrogens (tertiary/aromatic N) is 6. The summed E-state index contributed by atoms with van der Waals surface area (Å²) in [7, 11) is 1.50. The van der Waals surface area contributed by atoms with Crippen LogP contribution in [0.2, 0.25) is 0 Å². The summed E-state index contributed by atoms with van der Waals surface area (Å²) < 4.78 is 77.8. The maximum atomic E-state index is 13.3. The Bertz CT molecular complexity index is 2610. The second-order valence-electron chi connectivity index (χ2n) is 26.3. The summed E-state index contributed by atoms with van der Waals surface area (Å²) in [6.07, 6.45) is 9.31. The van der Waals surface area contributed by atoms with Gasteiger partial charge in [-0.3, -0.25) is 72.4 Å². The molecule has 1 unspecified atom stereocenters. The molecule has 36 heteroatoms. The van der Waals surface area contributed by atoms with Crippen LogP contribution >= 0.6 is 0 Å². The molecule has 0 aromatic heterocycles. The second kappa shape index (κ2) is 62.1. The second-order valence-corrected chi connectivity index (χ2v) is 26.3. The number of imide groups is 1. The molecule has 5 N–H and O–H groups in total. The summed E-state index contributed by atoms with van der Waals surface area (Å²) in [6, 6.07) is -1.10. The number of allylic oxidation sites excluding steroid dienone is 1. The van der Waals surface area contributed by atoms with Crippen LogP contribution in [0.15, 0.2) is 24.3 Å². The quantitative estimate of drug-likeness (QED) is 0.0322. The molecule has 0 aromatic rings. The van der Waals surface area contributed by atoms with Crippen LogP contribution in [0.25, 0.3) is 0 Å². The number of carbonyl (C=O) groups excluding carboxylic acids is 7. The molecule has 0 saturated carbocycles. The average molecular weight is 1560 g/mol. The van der Waals surface area contributed by atoms with Crippen molar-refractivity contribution in [2.75, 3.05) is 270 Å². The van der Waals surface area contributed by atoms with E-state index in [4.69, 9.17) is 66.3 Å². The van der Waals surface area contributed by atoms with Gasteiger partial charge in [0.1, 0.15) is 23.7 Å². The van der Waals surface area contributed by atoms with E-state index in [0.717, 1.165) is 4.90 Å². The molecule has 624 valence electrons. The van der Waals surface area contributed by atoms with E-state index in [0.29, 0.717) is 216 Å². The number of rotatable bonds is 66. The number of nitrogens with one attached hydrogen (secondary N) is 1. The molecule has 3 rings (SSSR count). The van der Waals surface area contributed by atoms with E-state index in [-0.39, 0.29) is 165 Å². The number of aliphatic carboxylic acids is 4. The van der Waals surface area contributed by atoms with Gasteiger partial charge in [0.15, 0.2) is 5.78 Å². The van der Waals surface area contributed by atoms with Gasteiger partial charge in [-0.2, -0.15) is 0 Å². The SMILES string of the molecule is CN(CC(=O)CCCOCCOCCOCCOCCCC(=O)CCC(C(=O)O)N1CCN(CC(=O)O)CCN(CC(=O)O)CCN(CC(=O)O)CC1)C(=O)O[C@@H]1/C=C/CC[C@](C)(C(=O)NCCOCCOCCOCCOCCOCCOCCOCCOCCOCCCC(=O)CCN2C(=O)C=CC2=O)CC1. The predicted molar refractivity (Wildman–Crippen MR) is 390 cm³/mol. The molecule has 3 aliphatic rings.